The van der Waals surface area contributed by atoms with Gasteiger partial charge in [0.05, 0.1) is 25.7 Å². The molecule has 0 aliphatic rings. The van der Waals surface area contributed by atoms with Gasteiger partial charge in [0.1, 0.15) is 5.01 Å². The number of hydrogen-bond donors (Lipinski definition) is 1. The van der Waals surface area contributed by atoms with E-state index >= 15 is 0 Å². The molecule has 0 fully saturated rings. The minimum atomic E-state index is 0.144. The number of fused-ring (bicyclic) bond motifs is 1. The first kappa shape index (κ1) is 20.5. The fraction of sp³-hybridized carbons (Fsp3) is 0.217. The van der Waals surface area contributed by atoms with Crippen molar-refractivity contribution < 1.29 is 14.3 Å². The summed E-state index contributed by atoms with van der Waals surface area (Å²) in [7, 11) is 3.24. The number of aromatic nitrogens is 2. The summed E-state index contributed by atoms with van der Waals surface area (Å²) in [5.74, 6) is 2.63. The number of carbonyl (C=O) groups is 1. The Labute approximate surface area is 183 Å². The van der Waals surface area contributed by atoms with Crippen LogP contribution in [0.2, 0.25) is 0 Å². The second-order valence-corrected chi connectivity index (χ2v) is 8.64. The van der Waals surface area contributed by atoms with Crippen LogP contribution in [0.4, 0.5) is 0 Å². The SMILES string of the molecule is COc1ccc(-c2nc(CSCC(=O)c3c(C)[nH]c4ccccc34)cs2)cc1OC. The molecule has 5 nitrogen and oxygen atoms in total. The maximum absolute atomic E-state index is 12.8. The Hall–Kier alpha value is -2.77. The van der Waals surface area contributed by atoms with Gasteiger partial charge in [-0.2, -0.15) is 0 Å². The zero-order valence-electron chi connectivity index (χ0n) is 17.0. The minimum absolute atomic E-state index is 0.144. The topological polar surface area (TPSA) is 64.2 Å². The van der Waals surface area contributed by atoms with Crippen molar-refractivity contribution in [1.29, 1.82) is 0 Å². The van der Waals surface area contributed by atoms with Crippen LogP contribution in [0.25, 0.3) is 21.5 Å². The number of H-pyrrole nitrogens is 1. The monoisotopic (exact) mass is 438 g/mol. The van der Waals surface area contributed by atoms with E-state index in [0.717, 1.165) is 38.4 Å². The standard InChI is InChI=1S/C23H22N2O3S2/c1-14-22(17-6-4-5-7-18(17)24-14)19(26)13-29-11-16-12-30-23(25-16)15-8-9-20(27-2)21(10-15)28-3/h4-10,12,24H,11,13H2,1-3H3. The zero-order valence-corrected chi connectivity index (χ0v) is 18.7. The van der Waals surface area contributed by atoms with Gasteiger partial charge in [-0.25, -0.2) is 4.98 Å². The average Bonchev–Trinajstić information content (AvgIpc) is 3.36. The van der Waals surface area contributed by atoms with Crippen LogP contribution < -0.4 is 9.47 Å². The predicted octanol–water partition coefficient (Wildman–Crippen LogP) is 5.73. The molecule has 0 unspecified atom stereocenters. The second-order valence-electron chi connectivity index (χ2n) is 6.80. The van der Waals surface area contributed by atoms with E-state index in [1.807, 2.05) is 54.8 Å². The highest BCUT2D eigenvalue weighted by molar-refractivity contribution is 7.99. The zero-order chi connectivity index (χ0) is 21.1. The molecule has 0 spiro atoms. The number of methoxy groups -OCH3 is 2. The number of rotatable bonds is 8. The number of ketones is 1. The van der Waals surface area contributed by atoms with Crippen LogP contribution in [-0.2, 0) is 5.75 Å². The number of nitrogens with one attached hydrogen (secondary N) is 1. The highest BCUT2D eigenvalue weighted by atomic mass is 32.2. The molecule has 0 saturated carbocycles. The van der Waals surface area contributed by atoms with Crippen molar-refractivity contribution in [3.05, 3.63) is 64.8 Å². The summed E-state index contributed by atoms with van der Waals surface area (Å²) in [6.45, 7) is 1.95. The van der Waals surface area contributed by atoms with Crippen molar-refractivity contribution in [3.8, 4) is 22.1 Å². The van der Waals surface area contributed by atoms with Gasteiger partial charge in [-0.05, 0) is 31.2 Å². The molecule has 4 aromatic rings. The molecule has 7 heteroatoms. The number of thioether (sulfide) groups is 1. The van der Waals surface area contributed by atoms with E-state index in [0.29, 0.717) is 23.0 Å². The highest BCUT2D eigenvalue weighted by Crippen LogP contribution is 2.34. The largest absolute Gasteiger partial charge is 0.493 e. The molecule has 0 bridgehead atoms. The predicted molar refractivity (Wildman–Crippen MR) is 124 cm³/mol. The Morgan fingerprint density at radius 2 is 1.93 bits per heavy atom. The van der Waals surface area contributed by atoms with Crippen LogP contribution >= 0.6 is 23.1 Å². The van der Waals surface area contributed by atoms with Gasteiger partial charge in [-0.3, -0.25) is 4.79 Å². The summed E-state index contributed by atoms with van der Waals surface area (Å²) in [6, 6.07) is 13.7. The molecule has 0 atom stereocenters. The van der Waals surface area contributed by atoms with Crippen molar-refractivity contribution in [3.63, 3.8) is 0 Å². The van der Waals surface area contributed by atoms with Gasteiger partial charge in [0, 0.05) is 38.9 Å². The number of ether oxygens (including phenoxy) is 2. The molecule has 0 radical (unpaired) electrons. The fourth-order valence-electron chi connectivity index (χ4n) is 3.43. The molecule has 0 amide bonds. The maximum Gasteiger partial charge on any atom is 0.175 e. The van der Waals surface area contributed by atoms with E-state index in [1.165, 1.54) is 0 Å². The molecule has 30 heavy (non-hydrogen) atoms. The molecule has 1 N–H and O–H groups in total. The van der Waals surface area contributed by atoms with Crippen molar-refractivity contribution in [2.75, 3.05) is 20.0 Å². The Balaban J connectivity index is 1.41. The number of Topliss-reactive ketones (excluding diaryl/α,β-unsaturated/α-hetero) is 1. The number of thiazole rings is 1. The molecule has 2 heterocycles. The molecule has 2 aromatic carbocycles. The van der Waals surface area contributed by atoms with Crippen LogP contribution in [0.5, 0.6) is 11.5 Å². The number of nitrogens with zero attached hydrogens (tertiary/aromatic N) is 1. The smallest absolute Gasteiger partial charge is 0.175 e. The number of hydrogen-bond acceptors (Lipinski definition) is 6. The van der Waals surface area contributed by atoms with Gasteiger partial charge >= 0.3 is 0 Å². The van der Waals surface area contributed by atoms with E-state index in [1.54, 1.807) is 37.3 Å². The van der Waals surface area contributed by atoms with Crippen LogP contribution in [-0.4, -0.2) is 35.7 Å². The Kier molecular flexibility index (Phi) is 6.11. The lowest BCUT2D eigenvalue weighted by Crippen LogP contribution is -2.04. The van der Waals surface area contributed by atoms with Crippen LogP contribution in [0.1, 0.15) is 21.7 Å². The third-order valence-corrected chi connectivity index (χ3v) is 6.74. The molecule has 0 aliphatic heterocycles. The van der Waals surface area contributed by atoms with Crippen LogP contribution in [0.3, 0.4) is 0 Å². The number of carbonyl (C=O) groups excluding carboxylic acids is 1. The molecular weight excluding hydrogens is 416 g/mol. The molecule has 2 aromatic heterocycles. The third-order valence-electron chi connectivity index (χ3n) is 4.84. The summed E-state index contributed by atoms with van der Waals surface area (Å²) >= 11 is 3.17. The average molecular weight is 439 g/mol. The summed E-state index contributed by atoms with van der Waals surface area (Å²) in [5.41, 5.74) is 4.67. The van der Waals surface area contributed by atoms with E-state index < -0.39 is 0 Å². The first-order valence-electron chi connectivity index (χ1n) is 9.45. The van der Waals surface area contributed by atoms with Gasteiger partial charge in [0.15, 0.2) is 17.3 Å². The summed E-state index contributed by atoms with van der Waals surface area (Å²) in [5, 5.41) is 3.95. The first-order valence-corrected chi connectivity index (χ1v) is 11.5. The minimum Gasteiger partial charge on any atom is -0.493 e. The summed E-state index contributed by atoms with van der Waals surface area (Å²) in [6.07, 6.45) is 0. The summed E-state index contributed by atoms with van der Waals surface area (Å²) < 4.78 is 10.7. The van der Waals surface area contributed by atoms with Gasteiger partial charge in [-0.15, -0.1) is 23.1 Å². The Morgan fingerprint density at radius 1 is 1.13 bits per heavy atom. The third kappa shape index (κ3) is 4.08. The second kappa shape index (κ2) is 8.93. The lowest BCUT2D eigenvalue weighted by atomic mass is 10.1. The molecule has 4 rings (SSSR count). The molecule has 154 valence electrons. The van der Waals surface area contributed by atoms with Crippen molar-refractivity contribution >= 4 is 39.8 Å². The number of aromatic amines is 1. The van der Waals surface area contributed by atoms with Gasteiger partial charge < -0.3 is 14.5 Å². The lowest BCUT2D eigenvalue weighted by Gasteiger charge is -2.08. The van der Waals surface area contributed by atoms with Crippen molar-refractivity contribution in [2.45, 2.75) is 12.7 Å². The maximum atomic E-state index is 12.8. The van der Waals surface area contributed by atoms with Crippen molar-refractivity contribution in [2.24, 2.45) is 0 Å². The Morgan fingerprint density at radius 3 is 2.73 bits per heavy atom. The summed E-state index contributed by atoms with van der Waals surface area (Å²) in [4.78, 5) is 20.8. The Bertz CT molecular complexity index is 1200. The van der Waals surface area contributed by atoms with Gasteiger partial charge in [0.2, 0.25) is 0 Å². The fourth-order valence-corrected chi connectivity index (χ4v) is 5.14. The highest BCUT2D eigenvalue weighted by Gasteiger charge is 2.16. The van der Waals surface area contributed by atoms with Gasteiger partial charge in [0.25, 0.3) is 0 Å². The quantitative estimate of drug-likeness (QED) is 0.356. The number of aryl methyl sites for hydroxylation is 1. The van der Waals surface area contributed by atoms with E-state index in [9.17, 15) is 4.79 Å². The molecule has 0 saturated heterocycles. The van der Waals surface area contributed by atoms with Crippen molar-refractivity contribution in [1.82, 2.24) is 9.97 Å². The first-order chi connectivity index (χ1) is 14.6. The van der Waals surface area contributed by atoms with E-state index in [4.69, 9.17) is 14.5 Å². The molecule has 0 aliphatic carbocycles. The van der Waals surface area contributed by atoms with E-state index in [-0.39, 0.29) is 5.78 Å². The normalized spacial score (nSPS) is 11.0. The van der Waals surface area contributed by atoms with Crippen LogP contribution in [0, 0.1) is 6.92 Å². The molecular formula is C23H22N2O3S2. The number of para-hydroxylation sites is 1. The lowest BCUT2D eigenvalue weighted by molar-refractivity contribution is 0.102. The van der Waals surface area contributed by atoms with Crippen LogP contribution in [0.15, 0.2) is 47.8 Å². The number of benzene rings is 2. The van der Waals surface area contributed by atoms with E-state index in [2.05, 4.69) is 4.98 Å². The van der Waals surface area contributed by atoms with Gasteiger partial charge in [-0.1, -0.05) is 18.2 Å².